The van der Waals surface area contributed by atoms with Gasteiger partial charge in [0, 0.05) is 0 Å². The quantitative estimate of drug-likeness (QED) is 0.719. The molecule has 0 N–H and O–H groups in total. The number of hydrogen-bond acceptors (Lipinski definition) is 3. The molecular formula is C14H17NS2. The zero-order valence-electron chi connectivity index (χ0n) is 10.1. The standard InChI is InChI=1S/C14H17NS2/c1-9-11(10-5-3-2-4-6-10)7-8-12-13(9)15-14(16)17-12/h7-8,10H,2-6H2,1H3,(H,15,16). The summed E-state index contributed by atoms with van der Waals surface area (Å²) in [6, 6.07) is 4.54. The number of fused-ring (bicyclic) bond motifs is 1. The Morgan fingerprint density at radius 3 is 2.76 bits per heavy atom. The van der Waals surface area contributed by atoms with Gasteiger partial charge < -0.3 is 0 Å². The average molecular weight is 263 g/mol. The molecule has 0 radical (unpaired) electrons. The van der Waals surface area contributed by atoms with Crippen molar-refractivity contribution in [1.29, 1.82) is 0 Å². The summed E-state index contributed by atoms with van der Waals surface area (Å²) >= 11 is 6.03. The molecule has 1 aromatic heterocycles. The van der Waals surface area contributed by atoms with Crippen LogP contribution in [0.1, 0.15) is 49.1 Å². The molecular weight excluding hydrogens is 246 g/mol. The number of aryl methyl sites for hydroxylation is 1. The summed E-state index contributed by atoms with van der Waals surface area (Å²) in [5, 5.41) is 0. The zero-order valence-corrected chi connectivity index (χ0v) is 11.8. The van der Waals surface area contributed by atoms with E-state index in [0.29, 0.717) is 0 Å². The van der Waals surface area contributed by atoms with Crippen molar-refractivity contribution in [1.82, 2.24) is 4.98 Å². The van der Waals surface area contributed by atoms with Crippen LogP contribution in [0, 0.1) is 6.92 Å². The lowest BCUT2D eigenvalue weighted by Crippen LogP contribution is -2.06. The molecule has 1 aromatic carbocycles. The maximum absolute atomic E-state index is 4.55. The molecule has 3 rings (SSSR count). The highest BCUT2D eigenvalue weighted by atomic mass is 32.2. The first-order valence-electron chi connectivity index (χ1n) is 6.34. The van der Waals surface area contributed by atoms with Crippen molar-refractivity contribution in [2.75, 3.05) is 0 Å². The number of thiol groups is 1. The predicted molar refractivity (Wildman–Crippen MR) is 77.4 cm³/mol. The van der Waals surface area contributed by atoms with E-state index in [2.05, 4.69) is 36.7 Å². The normalized spacial score (nSPS) is 17.8. The van der Waals surface area contributed by atoms with Gasteiger partial charge in [-0.15, -0.1) is 24.0 Å². The fraction of sp³-hybridized carbons (Fsp3) is 0.500. The third-order valence-electron chi connectivity index (χ3n) is 3.89. The Hall–Kier alpha value is -0.540. The average Bonchev–Trinajstić information content (AvgIpc) is 2.72. The number of thiazole rings is 1. The first-order valence-corrected chi connectivity index (χ1v) is 7.61. The maximum Gasteiger partial charge on any atom is 0.148 e. The van der Waals surface area contributed by atoms with Crippen molar-refractivity contribution in [3.8, 4) is 0 Å². The van der Waals surface area contributed by atoms with Crippen LogP contribution in [0.2, 0.25) is 0 Å². The van der Waals surface area contributed by atoms with Crippen LogP contribution in [0.3, 0.4) is 0 Å². The van der Waals surface area contributed by atoms with Gasteiger partial charge in [-0.2, -0.15) is 0 Å². The molecule has 0 atom stereocenters. The number of rotatable bonds is 1. The van der Waals surface area contributed by atoms with Gasteiger partial charge in [0.2, 0.25) is 0 Å². The molecule has 0 amide bonds. The van der Waals surface area contributed by atoms with E-state index in [0.717, 1.165) is 10.3 Å². The molecule has 1 heterocycles. The van der Waals surface area contributed by atoms with Crippen LogP contribution in [0.4, 0.5) is 0 Å². The Morgan fingerprint density at radius 2 is 2.00 bits per heavy atom. The Morgan fingerprint density at radius 1 is 1.24 bits per heavy atom. The monoisotopic (exact) mass is 263 g/mol. The summed E-state index contributed by atoms with van der Waals surface area (Å²) in [5.41, 5.74) is 4.07. The minimum Gasteiger partial charge on any atom is -0.230 e. The fourth-order valence-corrected chi connectivity index (χ4v) is 4.15. The zero-order chi connectivity index (χ0) is 11.8. The van der Waals surface area contributed by atoms with Crippen LogP contribution < -0.4 is 0 Å². The van der Waals surface area contributed by atoms with Crippen LogP contribution in [-0.4, -0.2) is 4.98 Å². The molecule has 17 heavy (non-hydrogen) atoms. The van der Waals surface area contributed by atoms with E-state index >= 15 is 0 Å². The second kappa shape index (κ2) is 4.62. The molecule has 1 aliphatic rings. The lowest BCUT2D eigenvalue weighted by Gasteiger charge is -2.23. The lowest BCUT2D eigenvalue weighted by molar-refractivity contribution is 0.442. The molecule has 1 aliphatic carbocycles. The van der Waals surface area contributed by atoms with Gasteiger partial charge >= 0.3 is 0 Å². The van der Waals surface area contributed by atoms with Gasteiger partial charge in [-0.05, 0) is 42.9 Å². The highest BCUT2D eigenvalue weighted by molar-refractivity contribution is 7.82. The van der Waals surface area contributed by atoms with Crippen molar-refractivity contribution >= 4 is 34.2 Å². The van der Waals surface area contributed by atoms with E-state index in [9.17, 15) is 0 Å². The van der Waals surface area contributed by atoms with Crippen molar-refractivity contribution in [2.24, 2.45) is 0 Å². The Labute approximate surface area is 112 Å². The highest BCUT2D eigenvalue weighted by Gasteiger charge is 2.19. The summed E-state index contributed by atoms with van der Waals surface area (Å²) in [4.78, 5) is 4.55. The van der Waals surface area contributed by atoms with Crippen molar-refractivity contribution in [3.63, 3.8) is 0 Å². The van der Waals surface area contributed by atoms with E-state index < -0.39 is 0 Å². The van der Waals surface area contributed by atoms with Crippen molar-refractivity contribution in [2.45, 2.75) is 49.3 Å². The van der Waals surface area contributed by atoms with Gasteiger partial charge in [-0.25, -0.2) is 4.98 Å². The SMILES string of the molecule is Cc1c(C2CCCCC2)ccc2sc(S)nc12. The minimum absolute atomic E-state index is 0.762. The summed E-state index contributed by atoms with van der Waals surface area (Å²) in [7, 11) is 0. The molecule has 0 spiro atoms. The summed E-state index contributed by atoms with van der Waals surface area (Å²) in [6.45, 7) is 2.22. The molecule has 2 aromatic rings. The Kier molecular flexibility index (Phi) is 3.14. The predicted octanol–water partition coefficient (Wildman–Crippen LogP) is 4.94. The Bertz CT molecular complexity index is 538. The van der Waals surface area contributed by atoms with Crippen molar-refractivity contribution < 1.29 is 0 Å². The smallest absolute Gasteiger partial charge is 0.148 e. The fourth-order valence-electron chi connectivity index (χ4n) is 2.98. The van der Waals surface area contributed by atoms with E-state index in [-0.39, 0.29) is 0 Å². The highest BCUT2D eigenvalue weighted by Crippen LogP contribution is 2.37. The van der Waals surface area contributed by atoms with Gasteiger partial charge in [0.05, 0.1) is 10.2 Å². The van der Waals surface area contributed by atoms with E-state index in [4.69, 9.17) is 0 Å². The van der Waals surface area contributed by atoms with E-state index in [1.165, 1.54) is 53.4 Å². The third kappa shape index (κ3) is 2.11. The number of aromatic nitrogens is 1. The Balaban J connectivity index is 2.06. The second-order valence-electron chi connectivity index (χ2n) is 4.96. The van der Waals surface area contributed by atoms with Crippen molar-refractivity contribution in [3.05, 3.63) is 23.3 Å². The van der Waals surface area contributed by atoms with Gasteiger partial charge in [0.15, 0.2) is 0 Å². The molecule has 1 saturated carbocycles. The van der Waals surface area contributed by atoms with Crippen LogP contribution in [0.5, 0.6) is 0 Å². The van der Waals surface area contributed by atoms with Crippen LogP contribution in [0.15, 0.2) is 16.5 Å². The second-order valence-corrected chi connectivity index (χ2v) is 6.71. The number of hydrogen-bond donors (Lipinski definition) is 1. The first-order chi connectivity index (χ1) is 8.25. The number of benzene rings is 1. The molecule has 0 aliphatic heterocycles. The number of nitrogens with zero attached hydrogens (tertiary/aromatic N) is 1. The molecule has 0 saturated heterocycles. The molecule has 3 heteroatoms. The summed E-state index contributed by atoms with van der Waals surface area (Å²) in [6.07, 6.45) is 6.89. The lowest BCUT2D eigenvalue weighted by atomic mass is 9.82. The van der Waals surface area contributed by atoms with Gasteiger partial charge in [-0.1, -0.05) is 25.3 Å². The van der Waals surface area contributed by atoms with Gasteiger partial charge in [0.25, 0.3) is 0 Å². The molecule has 90 valence electrons. The van der Waals surface area contributed by atoms with Crippen LogP contribution in [-0.2, 0) is 0 Å². The molecule has 1 nitrogen and oxygen atoms in total. The van der Waals surface area contributed by atoms with E-state index in [1.807, 2.05) is 0 Å². The van der Waals surface area contributed by atoms with Crippen LogP contribution in [0.25, 0.3) is 10.2 Å². The van der Waals surface area contributed by atoms with E-state index in [1.54, 1.807) is 11.3 Å². The van der Waals surface area contributed by atoms with Crippen LogP contribution >= 0.6 is 24.0 Å². The molecule has 1 fully saturated rings. The topological polar surface area (TPSA) is 12.9 Å². The molecule has 0 unspecified atom stereocenters. The van der Waals surface area contributed by atoms with Gasteiger partial charge in [0.1, 0.15) is 4.34 Å². The third-order valence-corrected chi connectivity index (χ3v) is 5.09. The maximum atomic E-state index is 4.55. The molecule has 0 bridgehead atoms. The largest absolute Gasteiger partial charge is 0.230 e. The summed E-state index contributed by atoms with van der Waals surface area (Å²) < 4.78 is 2.15. The van der Waals surface area contributed by atoms with Gasteiger partial charge in [-0.3, -0.25) is 0 Å². The summed E-state index contributed by atoms with van der Waals surface area (Å²) in [5.74, 6) is 0.762. The minimum atomic E-state index is 0.762. The first kappa shape index (κ1) is 11.5.